The minimum atomic E-state index is -2.64. The molecule has 0 amide bonds. The Morgan fingerprint density at radius 3 is 2.76 bits per heavy atom. The molecular weight excluding hydrogens is 236 g/mol. The highest BCUT2D eigenvalue weighted by Gasteiger charge is 2.31. The number of nitro groups is 1. The van der Waals surface area contributed by atoms with Crippen molar-refractivity contribution < 1.29 is 18.4 Å². The van der Waals surface area contributed by atoms with E-state index in [1.165, 1.54) is 6.92 Å². The van der Waals surface area contributed by atoms with Crippen LogP contribution in [0.15, 0.2) is 6.20 Å². The zero-order valence-corrected chi connectivity index (χ0v) is 9.05. The maximum atomic E-state index is 12.5. The summed E-state index contributed by atoms with van der Waals surface area (Å²) in [5.41, 5.74) is -0.371. The monoisotopic (exact) mass is 247 g/mol. The van der Waals surface area contributed by atoms with Crippen LogP contribution in [0.25, 0.3) is 0 Å². The number of nitrogens with zero attached hydrogens (tertiary/aromatic N) is 3. The largest absolute Gasteiger partial charge is 0.468 e. The van der Waals surface area contributed by atoms with Gasteiger partial charge in [-0.05, 0) is 19.8 Å². The standard InChI is InChI=1S/C9H11F2N3O3/c1-5(8(10)11)13-4-7(14(15)16)9(12-13)17-6-2-3-6/h4-6,8H,2-3H2,1H3. The highest BCUT2D eigenvalue weighted by Crippen LogP contribution is 2.33. The molecule has 1 heterocycles. The Labute approximate surface area is 95.3 Å². The first kappa shape index (κ1) is 11.7. The quantitative estimate of drug-likeness (QED) is 0.590. The van der Waals surface area contributed by atoms with Crippen LogP contribution in [0, 0.1) is 10.1 Å². The Bertz CT molecular complexity index is 431. The molecule has 1 aliphatic rings. The SMILES string of the molecule is CC(C(F)F)n1cc([N+](=O)[O-])c(OC2CC2)n1. The zero-order valence-electron chi connectivity index (χ0n) is 9.05. The van der Waals surface area contributed by atoms with Crippen LogP contribution in [-0.4, -0.2) is 27.2 Å². The molecular formula is C9H11F2N3O3. The molecule has 0 saturated heterocycles. The van der Waals surface area contributed by atoms with Gasteiger partial charge in [0, 0.05) is 0 Å². The van der Waals surface area contributed by atoms with E-state index in [0.717, 1.165) is 23.7 Å². The smallest absolute Gasteiger partial charge is 0.350 e. The van der Waals surface area contributed by atoms with Gasteiger partial charge >= 0.3 is 11.6 Å². The molecule has 1 atom stereocenters. The molecule has 0 spiro atoms. The summed E-state index contributed by atoms with van der Waals surface area (Å²) in [6.07, 6.45) is -0.0978. The van der Waals surface area contributed by atoms with Gasteiger partial charge in [-0.2, -0.15) is 0 Å². The van der Waals surface area contributed by atoms with E-state index in [1.807, 2.05) is 0 Å². The van der Waals surface area contributed by atoms with Crippen LogP contribution in [0.4, 0.5) is 14.5 Å². The van der Waals surface area contributed by atoms with Gasteiger partial charge in [0.05, 0.1) is 4.92 Å². The zero-order chi connectivity index (χ0) is 12.6. The third kappa shape index (κ3) is 2.51. The van der Waals surface area contributed by atoms with Gasteiger partial charge < -0.3 is 4.74 Å². The van der Waals surface area contributed by atoms with Crippen LogP contribution in [0.5, 0.6) is 5.88 Å². The molecule has 2 rings (SSSR count). The van der Waals surface area contributed by atoms with E-state index in [4.69, 9.17) is 4.74 Å². The second-order valence-corrected chi connectivity index (χ2v) is 3.95. The average molecular weight is 247 g/mol. The van der Waals surface area contributed by atoms with E-state index in [9.17, 15) is 18.9 Å². The van der Waals surface area contributed by atoms with Crippen LogP contribution in [0.1, 0.15) is 25.8 Å². The fourth-order valence-corrected chi connectivity index (χ4v) is 1.24. The van der Waals surface area contributed by atoms with Gasteiger partial charge in [-0.25, -0.2) is 8.78 Å². The van der Waals surface area contributed by atoms with Gasteiger partial charge in [-0.15, -0.1) is 5.10 Å². The van der Waals surface area contributed by atoms with Crippen molar-refractivity contribution in [1.82, 2.24) is 9.78 Å². The molecule has 0 aliphatic heterocycles. The van der Waals surface area contributed by atoms with Crippen molar-refractivity contribution in [2.45, 2.75) is 38.3 Å². The van der Waals surface area contributed by atoms with Gasteiger partial charge in [-0.3, -0.25) is 14.8 Å². The Balaban J connectivity index is 2.26. The van der Waals surface area contributed by atoms with Crippen molar-refractivity contribution in [3.63, 3.8) is 0 Å². The Morgan fingerprint density at radius 2 is 2.29 bits per heavy atom. The maximum absolute atomic E-state index is 12.5. The summed E-state index contributed by atoms with van der Waals surface area (Å²) in [6.45, 7) is 1.24. The summed E-state index contributed by atoms with van der Waals surface area (Å²) in [4.78, 5) is 10.0. The predicted octanol–water partition coefficient (Wildman–Crippen LogP) is 2.16. The van der Waals surface area contributed by atoms with E-state index >= 15 is 0 Å². The second-order valence-electron chi connectivity index (χ2n) is 3.95. The van der Waals surface area contributed by atoms with Crippen molar-refractivity contribution >= 4 is 5.69 Å². The summed E-state index contributed by atoms with van der Waals surface area (Å²) < 4.78 is 31.0. The Morgan fingerprint density at radius 1 is 1.65 bits per heavy atom. The first-order valence-electron chi connectivity index (χ1n) is 5.17. The topological polar surface area (TPSA) is 70.2 Å². The summed E-state index contributed by atoms with van der Waals surface area (Å²) in [6, 6.07) is -1.22. The number of aromatic nitrogens is 2. The number of halogens is 2. The number of alkyl halides is 2. The molecule has 1 aromatic rings. The van der Waals surface area contributed by atoms with Gasteiger partial charge in [0.15, 0.2) is 0 Å². The minimum Gasteiger partial charge on any atom is -0.468 e. The van der Waals surface area contributed by atoms with Crippen LogP contribution >= 0.6 is 0 Å². The first-order valence-corrected chi connectivity index (χ1v) is 5.17. The molecule has 6 nitrogen and oxygen atoms in total. The predicted molar refractivity (Wildman–Crippen MR) is 53.2 cm³/mol. The first-order chi connectivity index (χ1) is 7.99. The van der Waals surface area contributed by atoms with E-state index in [1.54, 1.807) is 0 Å². The second kappa shape index (κ2) is 4.27. The third-order valence-corrected chi connectivity index (χ3v) is 2.46. The number of ether oxygens (including phenoxy) is 1. The van der Waals surface area contributed by atoms with E-state index in [-0.39, 0.29) is 17.7 Å². The van der Waals surface area contributed by atoms with E-state index < -0.39 is 17.4 Å². The molecule has 94 valence electrons. The van der Waals surface area contributed by atoms with Crippen molar-refractivity contribution in [2.24, 2.45) is 0 Å². The van der Waals surface area contributed by atoms with E-state index in [2.05, 4.69) is 5.10 Å². The minimum absolute atomic E-state index is 0.0705. The molecule has 1 aliphatic carbocycles. The van der Waals surface area contributed by atoms with E-state index in [0.29, 0.717) is 0 Å². The summed E-state index contributed by atoms with van der Waals surface area (Å²) >= 11 is 0. The van der Waals surface area contributed by atoms with Gasteiger partial charge in [0.25, 0.3) is 6.43 Å². The highest BCUT2D eigenvalue weighted by molar-refractivity contribution is 5.39. The van der Waals surface area contributed by atoms with Gasteiger partial charge in [-0.1, -0.05) is 0 Å². The van der Waals surface area contributed by atoms with Crippen molar-refractivity contribution in [3.05, 3.63) is 16.3 Å². The Kier molecular flexibility index (Phi) is 2.95. The molecule has 0 N–H and O–H groups in total. The van der Waals surface area contributed by atoms with Crippen LogP contribution in [0.2, 0.25) is 0 Å². The molecule has 1 aromatic heterocycles. The lowest BCUT2D eigenvalue weighted by molar-refractivity contribution is -0.386. The molecule has 17 heavy (non-hydrogen) atoms. The molecule has 8 heteroatoms. The lowest BCUT2D eigenvalue weighted by atomic mass is 10.4. The fourth-order valence-electron chi connectivity index (χ4n) is 1.24. The molecule has 1 fully saturated rings. The van der Waals surface area contributed by atoms with Crippen LogP contribution in [-0.2, 0) is 0 Å². The summed E-state index contributed by atoms with van der Waals surface area (Å²) in [7, 11) is 0. The lowest BCUT2D eigenvalue weighted by Crippen LogP contribution is -2.14. The molecule has 0 radical (unpaired) electrons. The van der Waals surface area contributed by atoms with Gasteiger partial charge in [0.2, 0.25) is 0 Å². The maximum Gasteiger partial charge on any atom is 0.350 e. The number of rotatable bonds is 5. The van der Waals surface area contributed by atoms with Crippen molar-refractivity contribution in [3.8, 4) is 5.88 Å². The summed E-state index contributed by atoms with van der Waals surface area (Å²) in [5.74, 6) is -0.176. The Hall–Kier alpha value is -1.73. The van der Waals surface area contributed by atoms with Crippen LogP contribution in [0.3, 0.4) is 0 Å². The molecule has 0 aromatic carbocycles. The number of hydrogen-bond donors (Lipinski definition) is 0. The molecule has 0 bridgehead atoms. The fraction of sp³-hybridized carbons (Fsp3) is 0.667. The normalized spacial score (nSPS) is 17.2. The van der Waals surface area contributed by atoms with Crippen LogP contribution < -0.4 is 4.74 Å². The molecule has 1 saturated carbocycles. The van der Waals surface area contributed by atoms with Gasteiger partial charge in [0.1, 0.15) is 18.3 Å². The molecule has 1 unspecified atom stereocenters. The summed E-state index contributed by atoms with van der Waals surface area (Å²) in [5, 5.41) is 14.4. The van der Waals surface area contributed by atoms with Crippen molar-refractivity contribution in [2.75, 3.05) is 0 Å². The van der Waals surface area contributed by atoms with Crippen molar-refractivity contribution in [1.29, 1.82) is 0 Å². The highest BCUT2D eigenvalue weighted by atomic mass is 19.3. The average Bonchev–Trinajstić information content (AvgIpc) is 2.94. The number of hydrogen-bond acceptors (Lipinski definition) is 4. The lowest BCUT2D eigenvalue weighted by Gasteiger charge is -2.09. The third-order valence-electron chi connectivity index (χ3n) is 2.46.